The predicted octanol–water partition coefficient (Wildman–Crippen LogP) is 5.20. The second-order valence-corrected chi connectivity index (χ2v) is 6.53. The van der Waals surface area contributed by atoms with E-state index in [1.807, 2.05) is 19.1 Å². The SMILES string of the molecule is CC/C(Cl)=C\C1=C(CBr)C(=O)c2ncc(Br)cc2CC1. The monoisotopic (exact) mass is 417 g/mol. The van der Waals surface area contributed by atoms with Gasteiger partial charge in [0.05, 0.1) is 0 Å². The van der Waals surface area contributed by atoms with E-state index in [0.717, 1.165) is 45.5 Å². The molecule has 2 nitrogen and oxygen atoms in total. The van der Waals surface area contributed by atoms with Crippen molar-refractivity contribution in [2.45, 2.75) is 26.2 Å². The number of alkyl halides is 1. The molecule has 106 valence electrons. The van der Waals surface area contributed by atoms with Crippen molar-refractivity contribution in [1.29, 1.82) is 0 Å². The van der Waals surface area contributed by atoms with Crippen LogP contribution in [0.2, 0.25) is 0 Å². The average Bonchev–Trinajstić information content (AvgIpc) is 2.56. The first-order valence-electron chi connectivity index (χ1n) is 6.40. The van der Waals surface area contributed by atoms with E-state index in [1.54, 1.807) is 6.20 Å². The highest BCUT2D eigenvalue weighted by molar-refractivity contribution is 9.10. The molecule has 0 aromatic carbocycles. The fraction of sp³-hybridized carbons (Fsp3) is 0.333. The Morgan fingerprint density at radius 3 is 2.90 bits per heavy atom. The summed E-state index contributed by atoms with van der Waals surface area (Å²) >= 11 is 13.0. The van der Waals surface area contributed by atoms with Crippen molar-refractivity contribution in [2.24, 2.45) is 0 Å². The maximum Gasteiger partial charge on any atom is 0.208 e. The Morgan fingerprint density at radius 1 is 1.50 bits per heavy atom. The van der Waals surface area contributed by atoms with Gasteiger partial charge in [0.15, 0.2) is 0 Å². The van der Waals surface area contributed by atoms with Crippen LogP contribution in [0.1, 0.15) is 35.8 Å². The lowest BCUT2D eigenvalue weighted by atomic mass is 10.0. The summed E-state index contributed by atoms with van der Waals surface area (Å²) in [5.41, 5.74) is 3.30. The molecule has 0 bridgehead atoms. The number of pyridine rings is 1. The molecule has 0 saturated carbocycles. The van der Waals surface area contributed by atoms with E-state index < -0.39 is 0 Å². The van der Waals surface area contributed by atoms with Gasteiger partial charge in [0, 0.05) is 26.6 Å². The van der Waals surface area contributed by atoms with E-state index in [4.69, 9.17) is 11.6 Å². The number of carbonyl (C=O) groups is 1. The largest absolute Gasteiger partial charge is 0.287 e. The van der Waals surface area contributed by atoms with Crippen LogP contribution in [0.3, 0.4) is 0 Å². The highest BCUT2D eigenvalue weighted by atomic mass is 79.9. The van der Waals surface area contributed by atoms with E-state index in [-0.39, 0.29) is 5.78 Å². The Labute approximate surface area is 140 Å². The van der Waals surface area contributed by atoms with Gasteiger partial charge in [-0.25, -0.2) is 0 Å². The highest BCUT2D eigenvalue weighted by Crippen LogP contribution is 2.29. The first-order valence-corrected chi connectivity index (χ1v) is 8.69. The molecule has 2 rings (SSSR count). The van der Waals surface area contributed by atoms with Gasteiger partial charge in [-0.05, 0) is 58.5 Å². The summed E-state index contributed by atoms with van der Waals surface area (Å²) in [6.07, 6.45) is 5.96. The zero-order valence-corrected chi connectivity index (χ0v) is 15.0. The van der Waals surface area contributed by atoms with Gasteiger partial charge < -0.3 is 0 Å². The Morgan fingerprint density at radius 2 is 2.25 bits per heavy atom. The molecule has 1 aromatic heterocycles. The molecule has 0 atom stereocenters. The fourth-order valence-electron chi connectivity index (χ4n) is 2.18. The molecule has 0 radical (unpaired) electrons. The lowest BCUT2D eigenvalue weighted by Crippen LogP contribution is -2.09. The van der Waals surface area contributed by atoms with Crippen LogP contribution in [-0.2, 0) is 6.42 Å². The number of hydrogen-bond acceptors (Lipinski definition) is 2. The molecule has 0 amide bonds. The maximum atomic E-state index is 12.6. The molecule has 1 heterocycles. The predicted molar refractivity (Wildman–Crippen MR) is 89.6 cm³/mol. The number of Topliss-reactive ketones (excluding diaryl/α,β-unsaturated/α-hetero) is 1. The lowest BCUT2D eigenvalue weighted by molar-refractivity contribution is 0.103. The van der Waals surface area contributed by atoms with E-state index in [2.05, 4.69) is 36.8 Å². The van der Waals surface area contributed by atoms with Gasteiger partial charge in [-0.1, -0.05) is 34.5 Å². The standard InChI is InChI=1S/C15H14Br2ClNO/c1-2-12(18)6-9-3-4-10-5-11(17)8-19-14(10)15(20)13(9)7-16/h5-6,8H,2-4,7H2,1H3/b12-6+. The number of halogens is 3. The number of allylic oxidation sites excluding steroid dienone is 4. The second kappa shape index (κ2) is 7.01. The third kappa shape index (κ3) is 3.41. The Kier molecular flexibility index (Phi) is 5.58. The van der Waals surface area contributed by atoms with Crippen molar-refractivity contribution >= 4 is 49.2 Å². The minimum atomic E-state index is -0.00584. The van der Waals surface area contributed by atoms with E-state index in [0.29, 0.717) is 11.0 Å². The van der Waals surface area contributed by atoms with Crippen LogP contribution in [-0.4, -0.2) is 16.1 Å². The van der Waals surface area contributed by atoms with Gasteiger partial charge in [0.25, 0.3) is 0 Å². The van der Waals surface area contributed by atoms with Gasteiger partial charge in [-0.15, -0.1) is 0 Å². The number of carbonyl (C=O) groups excluding carboxylic acids is 1. The maximum absolute atomic E-state index is 12.6. The van der Waals surface area contributed by atoms with Gasteiger partial charge in [0.1, 0.15) is 5.69 Å². The summed E-state index contributed by atoms with van der Waals surface area (Å²) in [6, 6.07) is 1.97. The summed E-state index contributed by atoms with van der Waals surface area (Å²) in [7, 11) is 0. The number of hydrogen-bond donors (Lipinski definition) is 0. The van der Waals surface area contributed by atoms with Crippen LogP contribution in [0.5, 0.6) is 0 Å². The Hall–Kier alpha value is -0.450. The topological polar surface area (TPSA) is 30.0 Å². The average molecular weight is 420 g/mol. The van der Waals surface area contributed by atoms with Crippen LogP contribution >= 0.6 is 43.5 Å². The molecule has 1 aliphatic carbocycles. The summed E-state index contributed by atoms with van der Waals surface area (Å²) in [5.74, 6) is -0.00584. The van der Waals surface area contributed by atoms with Crippen LogP contribution in [0.4, 0.5) is 0 Å². The zero-order valence-electron chi connectivity index (χ0n) is 11.0. The third-order valence-electron chi connectivity index (χ3n) is 3.28. The third-order valence-corrected chi connectivity index (χ3v) is 4.65. The summed E-state index contributed by atoms with van der Waals surface area (Å²) in [5, 5.41) is 1.29. The summed E-state index contributed by atoms with van der Waals surface area (Å²) in [4.78, 5) is 16.9. The molecular formula is C15H14Br2ClNO. The van der Waals surface area contributed by atoms with Gasteiger partial charge >= 0.3 is 0 Å². The van der Waals surface area contributed by atoms with Gasteiger partial charge in [-0.2, -0.15) is 0 Å². The second-order valence-electron chi connectivity index (χ2n) is 4.57. The minimum absolute atomic E-state index is 0.00584. The summed E-state index contributed by atoms with van der Waals surface area (Å²) in [6.45, 7) is 2.00. The summed E-state index contributed by atoms with van der Waals surface area (Å²) < 4.78 is 0.898. The number of fused-ring (bicyclic) bond motifs is 1. The molecule has 1 aromatic rings. The molecule has 0 fully saturated rings. The van der Waals surface area contributed by atoms with E-state index in [9.17, 15) is 4.79 Å². The normalized spacial score (nSPS) is 16.2. The molecule has 0 spiro atoms. The first-order chi connectivity index (χ1) is 9.56. The van der Waals surface area contributed by atoms with E-state index >= 15 is 0 Å². The zero-order chi connectivity index (χ0) is 14.7. The van der Waals surface area contributed by atoms with Crippen molar-refractivity contribution in [1.82, 2.24) is 4.98 Å². The first kappa shape index (κ1) is 15.9. The van der Waals surface area contributed by atoms with Gasteiger partial charge in [0.2, 0.25) is 5.78 Å². The number of aromatic nitrogens is 1. The van der Waals surface area contributed by atoms with Crippen LogP contribution in [0.25, 0.3) is 0 Å². The van der Waals surface area contributed by atoms with Crippen molar-refractivity contribution in [3.63, 3.8) is 0 Å². The van der Waals surface area contributed by atoms with E-state index in [1.165, 1.54) is 0 Å². The quantitative estimate of drug-likeness (QED) is 0.631. The van der Waals surface area contributed by atoms with Crippen molar-refractivity contribution in [2.75, 3.05) is 5.33 Å². The molecule has 20 heavy (non-hydrogen) atoms. The van der Waals surface area contributed by atoms with Crippen LogP contribution in [0.15, 0.2) is 39.0 Å². The fourth-order valence-corrected chi connectivity index (χ4v) is 3.31. The van der Waals surface area contributed by atoms with Crippen LogP contribution in [0, 0.1) is 0 Å². The molecule has 1 aliphatic rings. The number of ketones is 1. The molecule has 0 N–H and O–H groups in total. The van der Waals surface area contributed by atoms with Gasteiger partial charge in [-0.3, -0.25) is 9.78 Å². The Bertz CT molecular complexity index is 608. The van der Waals surface area contributed by atoms with Crippen molar-refractivity contribution in [3.05, 3.63) is 50.2 Å². The lowest BCUT2D eigenvalue weighted by Gasteiger charge is -2.06. The number of nitrogens with zero attached hydrogens (tertiary/aromatic N) is 1. The van der Waals surface area contributed by atoms with Crippen LogP contribution < -0.4 is 0 Å². The highest BCUT2D eigenvalue weighted by Gasteiger charge is 2.23. The molecule has 0 saturated heterocycles. The van der Waals surface area contributed by atoms with Crippen molar-refractivity contribution < 1.29 is 4.79 Å². The molecular weight excluding hydrogens is 405 g/mol. The smallest absolute Gasteiger partial charge is 0.208 e. The Balaban J connectivity index is 2.50. The minimum Gasteiger partial charge on any atom is -0.287 e. The number of aryl methyl sites for hydroxylation is 1. The molecule has 0 aliphatic heterocycles. The number of rotatable bonds is 3. The van der Waals surface area contributed by atoms with Crippen molar-refractivity contribution in [3.8, 4) is 0 Å². The molecule has 0 unspecified atom stereocenters. The molecule has 5 heteroatoms.